The van der Waals surface area contributed by atoms with Crippen LogP contribution in [-0.4, -0.2) is 51.3 Å². The third-order valence-electron chi connectivity index (χ3n) is 4.89. The molecule has 1 aliphatic heterocycles. The van der Waals surface area contributed by atoms with Gasteiger partial charge >= 0.3 is 0 Å². The van der Waals surface area contributed by atoms with Crippen LogP contribution >= 0.6 is 11.6 Å². The largest absolute Gasteiger partial charge is 0.381 e. The summed E-state index contributed by atoms with van der Waals surface area (Å²) >= 11 is 6.24. The highest BCUT2D eigenvalue weighted by Gasteiger charge is 2.35. The number of nitrogens with one attached hydrogen (secondary N) is 1. The molecule has 1 saturated heterocycles. The van der Waals surface area contributed by atoms with Crippen molar-refractivity contribution in [3.63, 3.8) is 0 Å². The van der Waals surface area contributed by atoms with Crippen molar-refractivity contribution in [3.8, 4) is 0 Å². The van der Waals surface area contributed by atoms with Crippen LogP contribution in [0.4, 0.5) is 0 Å². The summed E-state index contributed by atoms with van der Waals surface area (Å²) in [6.07, 6.45) is 4.35. The molecule has 0 spiro atoms. The number of unbranched alkanes of at least 4 members (excludes halogenated alkanes) is 1. The van der Waals surface area contributed by atoms with E-state index in [-0.39, 0.29) is 5.41 Å². The zero-order valence-electron chi connectivity index (χ0n) is 15.1. The first-order valence-electron chi connectivity index (χ1n) is 8.87. The molecule has 0 unspecified atom stereocenters. The topological polar surface area (TPSA) is 36.9 Å². The molecule has 0 saturated carbocycles. The molecular weight excluding hydrogens is 322 g/mol. The number of halogens is 1. The van der Waals surface area contributed by atoms with E-state index in [1.165, 1.54) is 18.4 Å². The summed E-state index contributed by atoms with van der Waals surface area (Å²) in [5.74, 6) is 0.955. The molecule has 1 fully saturated rings. The molecule has 4 nitrogen and oxygen atoms in total. The van der Waals surface area contributed by atoms with Gasteiger partial charge in [-0.1, -0.05) is 37.1 Å². The Morgan fingerprint density at radius 1 is 1.38 bits per heavy atom. The number of nitrogens with zero attached hydrogens (tertiary/aromatic N) is 2. The van der Waals surface area contributed by atoms with Gasteiger partial charge in [-0.05, 0) is 37.0 Å². The molecule has 0 amide bonds. The summed E-state index contributed by atoms with van der Waals surface area (Å²) in [6, 6.07) is 8.25. The minimum absolute atomic E-state index is 0.0463. The van der Waals surface area contributed by atoms with Crippen LogP contribution in [-0.2, 0) is 10.2 Å². The van der Waals surface area contributed by atoms with Gasteiger partial charge in [0, 0.05) is 50.8 Å². The second-order valence-corrected chi connectivity index (χ2v) is 7.02. The molecule has 0 aromatic heterocycles. The molecule has 1 aliphatic rings. The Morgan fingerprint density at radius 2 is 2.12 bits per heavy atom. The molecular formula is C19H30ClN3O. The SMILES string of the molecule is CCCCN(C)C(=NC)NCC1(c2cccc(Cl)c2)CCOCC1. The highest BCUT2D eigenvalue weighted by molar-refractivity contribution is 6.30. The average Bonchev–Trinajstić information content (AvgIpc) is 2.61. The highest BCUT2D eigenvalue weighted by Crippen LogP contribution is 2.35. The van der Waals surface area contributed by atoms with E-state index in [1.54, 1.807) is 0 Å². The minimum atomic E-state index is 0.0463. The van der Waals surface area contributed by atoms with Crippen LogP contribution in [0.3, 0.4) is 0 Å². The molecule has 24 heavy (non-hydrogen) atoms. The average molecular weight is 352 g/mol. The molecule has 0 aliphatic carbocycles. The minimum Gasteiger partial charge on any atom is -0.381 e. The van der Waals surface area contributed by atoms with Crippen molar-refractivity contribution in [3.05, 3.63) is 34.9 Å². The fourth-order valence-electron chi connectivity index (χ4n) is 3.28. The van der Waals surface area contributed by atoms with Crippen molar-refractivity contribution >= 4 is 17.6 Å². The lowest BCUT2D eigenvalue weighted by molar-refractivity contribution is 0.0512. The first-order valence-corrected chi connectivity index (χ1v) is 9.24. The van der Waals surface area contributed by atoms with E-state index in [4.69, 9.17) is 16.3 Å². The standard InChI is InChI=1S/C19H30ClN3O/c1-4-5-11-23(3)18(21-2)22-15-19(9-12-24-13-10-19)16-7-6-8-17(20)14-16/h6-8,14H,4-5,9-13,15H2,1-3H3,(H,21,22). The molecule has 0 radical (unpaired) electrons. The Balaban J connectivity index is 2.11. The number of hydrogen-bond acceptors (Lipinski definition) is 2. The van der Waals surface area contributed by atoms with E-state index in [9.17, 15) is 0 Å². The smallest absolute Gasteiger partial charge is 0.193 e. The van der Waals surface area contributed by atoms with Crippen LogP contribution < -0.4 is 5.32 Å². The van der Waals surface area contributed by atoms with Gasteiger partial charge in [0.2, 0.25) is 0 Å². The van der Waals surface area contributed by atoms with E-state index in [0.29, 0.717) is 0 Å². The van der Waals surface area contributed by atoms with Crippen LogP contribution in [0.2, 0.25) is 5.02 Å². The molecule has 134 valence electrons. The number of ether oxygens (including phenoxy) is 1. The van der Waals surface area contributed by atoms with Gasteiger partial charge in [-0.3, -0.25) is 4.99 Å². The second-order valence-electron chi connectivity index (χ2n) is 6.58. The number of aliphatic imine (C=N–C) groups is 1. The first-order chi connectivity index (χ1) is 11.6. The Hall–Kier alpha value is -1.26. The maximum atomic E-state index is 6.24. The van der Waals surface area contributed by atoms with Crippen molar-refractivity contribution in [2.24, 2.45) is 4.99 Å². The van der Waals surface area contributed by atoms with Crippen molar-refractivity contribution < 1.29 is 4.74 Å². The lowest BCUT2D eigenvalue weighted by atomic mass is 9.74. The van der Waals surface area contributed by atoms with Gasteiger partial charge in [-0.2, -0.15) is 0 Å². The van der Waals surface area contributed by atoms with Gasteiger partial charge in [0.25, 0.3) is 0 Å². The molecule has 0 atom stereocenters. The zero-order valence-corrected chi connectivity index (χ0v) is 15.9. The predicted octanol–water partition coefficient (Wildman–Crippen LogP) is 3.70. The van der Waals surface area contributed by atoms with Crippen LogP contribution in [0, 0.1) is 0 Å². The maximum absolute atomic E-state index is 6.24. The van der Waals surface area contributed by atoms with E-state index >= 15 is 0 Å². The number of benzene rings is 1. The van der Waals surface area contributed by atoms with Gasteiger partial charge in [-0.25, -0.2) is 0 Å². The van der Waals surface area contributed by atoms with Crippen LogP contribution in [0.25, 0.3) is 0 Å². The molecule has 5 heteroatoms. The third kappa shape index (κ3) is 4.87. The molecule has 1 aromatic carbocycles. The first kappa shape index (κ1) is 19.1. The van der Waals surface area contributed by atoms with E-state index in [2.05, 4.69) is 41.3 Å². The van der Waals surface area contributed by atoms with Gasteiger partial charge in [0.1, 0.15) is 0 Å². The van der Waals surface area contributed by atoms with Gasteiger partial charge in [-0.15, -0.1) is 0 Å². The molecule has 1 heterocycles. The predicted molar refractivity (Wildman–Crippen MR) is 102 cm³/mol. The summed E-state index contributed by atoms with van der Waals surface area (Å²) in [4.78, 5) is 6.64. The number of hydrogen-bond donors (Lipinski definition) is 1. The fourth-order valence-corrected chi connectivity index (χ4v) is 3.47. The molecule has 1 aromatic rings. The summed E-state index contributed by atoms with van der Waals surface area (Å²) in [6.45, 7) is 5.65. The second kappa shape index (κ2) is 9.28. The van der Waals surface area contributed by atoms with Crippen molar-refractivity contribution in [2.75, 3.05) is 40.4 Å². The fraction of sp³-hybridized carbons (Fsp3) is 0.632. The summed E-state index contributed by atoms with van der Waals surface area (Å²) in [7, 11) is 3.95. The normalized spacial score (nSPS) is 17.6. The van der Waals surface area contributed by atoms with Crippen molar-refractivity contribution in [1.82, 2.24) is 10.2 Å². The Bertz CT molecular complexity index is 541. The lowest BCUT2D eigenvalue weighted by Crippen LogP contribution is -2.48. The number of guanidine groups is 1. The Kier molecular flexibility index (Phi) is 7.38. The van der Waals surface area contributed by atoms with Gasteiger partial charge < -0.3 is 15.0 Å². The quantitative estimate of drug-likeness (QED) is 0.627. The zero-order chi connectivity index (χ0) is 17.4. The van der Waals surface area contributed by atoms with Crippen LogP contribution in [0.1, 0.15) is 38.2 Å². The van der Waals surface area contributed by atoms with Crippen LogP contribution in [0.15, 0.2) is 29.3 Å². The van der Waals surface area contributed by atoms with Gasteiger partial charge in [0.05, 0.1) is 0 Å². The monoisotopic (exact) mass is 351 g/mol. The highest BCUT2D eigenvalue weighted by atomic mass is 35.5. The summed E-state index contributed by atoms with van der Waals surface area (Å²) in [5.41, 5.74) is 1.34. The van der Waals surface area contributed by atoms with Crippen molar-refractivity contribution in [1.29, 1.82) is 0 Å². The summed E-state index contributed by atoms with van der Waals surface area (Å²) in [5, 5.41) is 4.38. The lowest BCUT2D eigenvalue weighted by Gasteiger charge is -2.39. The van der Waals surface area contributed by atoms with E-state index < -0.39 is 0 Å². The molecule has 1 N–H and O–H groups in total. The van der Waals surface area contributed by atoms with Crippen molar-refractivity contribution in [2.45, 2.75) is 38.0 Å². The van der Waals surface area contributed by atoms with Gasteiger partial charge in [0.15, 0.2) is 5.96 Å². The Labute approximate surface area is 151 Å². The van der Waals surface area contributed by atoms with E-state index in [1.807, 2.05) is 19.2 Å². The van der Waals surface area contributed by atoms with E-state index in [0.717, 1.165) is 50.1 Å². The molecule has 0 bridgehead atoms. The maximum Gasteiger partial charge on any atom is 0.193 e. The van der Waals surface area contributed by atoms with Crippen LogP contribution in [0.5, 0.6) is 0 Å². The third-order valence-corrected chi connectivity index (χ3v) is 5.13. The number of rotatable bonds is 6. The Morgan fingerprint density at radius 3 is 2.75 bits per heavy atom. The summed E-state index contributed by atoms with van der Waals surface area (Å²) < 4.78 is 5.61. The molecule has 2 rings (SSSR count).